The first-order chi connectivity index (χ1) is 8.53. The molecule has 0 spiro atoms. The van der Waals surface area contributed by atoms with Crippen LogP contribution >= 0.6 is 27.5 Å². The van der Waals surface area contributed by atoms with Gasteiger partial charge in [0.1, 0.15) is 0 Å². The van der Waals surface area contributed by atoms with E-state index in [0.29, 0.717) is 10.7 Å². The third-order valence-corrected chi connectivity index (χ3v) is 4.72. The summed E-state index contributed by atoms with van der Waals surface area (Å²) in [5.74, 6) is -0.00910. The van der Waals surface area contributed by atoms with E-state index in [0.717, 1.165) is 30.3 Å². The van der Waals surface area contributed by atoms with Crippen molar-refractivity contribution in [3.05, 3.63) is 27.7 Å². The van der Waals surface area contributed by atoms with E-state index in [1.807, 2.05) is 19.1 Å². The molecular formula is C13H16BrClN2O. The van der Waals surface area contributed by atoms with Gasteiger partial charge in [0.05, 0.1) is 20.7 Å². The van der Waals surface area contributed by atoms with Crippen LogP contribution in [0.25, 0.3) is 0 Å². The van der Waals surface area contributed by atoms with Crippen molar-refractivity contribution < 1.29 is 4.79 Å². The first-order valence-electron chi connectivity index (χ1n) is 6.03. The molecule has 1 atom stereocenters. The fourth-order valence-electron chi connectivity index (χ4n) is 2.11. The molecule has 2 rings (SSSR count). The van der Waals surface area contributed by atoms with E-state index < -0.39 is 5.54 Å². The van der Waals surface area contributed by atoms with Crippen molar-refractivity contribution in [1.82, 2.24) is 5.32 Å². The van der Waals surface area contributed by atoms with E-state index >= 15 is 0 Å². The van der Waals surface area contributed by atoms with E-state index in [4.69, 9.17) is 11.6 Å². The molecule has 5 heteroatoms. The zero-order chi connectivity index (χ0) is 13.2. The zero-order valence-electron chi connectivity index (χ0n) is 10.2. The summed E-state index contributed by atoms with van der Waals surface area (Å²) in [5.41, 5.74) is 0.223. The van der Waals surface area contributed by atoms with E-state index in [1.165, 1.54) is 0 Å². The van der Waals surface area contributed by atoms with Crippen molar-refractivity contribution in [2.24, 2.45) is 0 Å². The maximum atomic E-state index is 12.3. The Labute approximate surface area is 120 Å². The van der Waals surface area contributed by atoms with Gasteiger partial charge in [-0.25, -0.2) is 0 Å². The fourth-order valence-corrected chi connectivity index (χ4v) is 2.65. The maximum absolute atomic E-state index is 12.3. The zero-order valence-corrected chi connectivity index (χ0v) is 12.6. The summed E-state index contributed by atoms with van der Waals surface area (Å²) in [7, 11) is 0. The van der Waals surface area contributed by atoms with Crippen molar-refractivity contribution in [1.29, 1.82) is 0 Å². The summed E-state index contributed by atoms with van der Waals surface area (Å²) >= 11 is 9.39. The van der Waals surface area contributed by atoms with Crippen LogP contribution in [0.2, 0.25) is 5.02 Å². The van der Waals surface area contributed by atoms with Crippen molar-refractivity contribution in [2.45, 2.75) is 31.7 Å². The molecular weight excluding hydrogens is 316 g/mol. The molecule has 3 nitrogen and oxygen atoms in total. The largest absolute Gasteiger partial charge is 0.323 e. The van der Waals surface area contributed by atoms with E-state index in [1.54, 1.807) is 6.07 Å². The molecule has 1 unspecified atom stereocenters. The van der Waals surface area contributed by atoms with Crippen molar-refractivity contribution in [3.63, 3.8) is 0 Å². The van der Waals surface area contributed by atoms with Crippen LogP contribution in [0.3, 0.4) is 0 Å². The number of nitrogens with one attached hydrogen (secondary N) is 2. The van der Waals surface area contributed by atoms with E-state index in [9.17, 15) is 4.79 Å². The van der Waals surface area contributed by atoms with Crippen LogP contribution in [0.15, 0.2) is 22.7 Å². The lowest BCUT2D eigenvalue weighted by Crippen LogP contribution is -2.54. The van der Waals surface area contributed by atoms with Crippen molar-refractivity contribution >= 4 is 39.1 Å². The Balaban J connectivity index is 2.13. The maximum Gasteiger partial charge on any atom is 0.244 e. The molecule has 1 saturated heterocycles. The monoisotopic (exact) mass is 330 g/mol. The number of hydrogen-bond donors (Lipinski definition) is 2. The second kappa shape index (κ2) is 5.59. The number of anilines is 1. The first-order valence-corrected chi connectivity index (χ1v) is 7.20. The Morgan fingerprint density at radius 2 is 2.28 bits per heavy atom. The number of halogens is 2. The smallest absolute Gasteiger partial charge is 0.244 e. The molecule has 1 aromatic carbocycles. The van der Waals surface area contributed by atoms with Gasteiger partial charge in [-0.3, -0.25) is 4.79 Å². The third kappa shape index (κ3) is 2.87. The van der Waals surface area contributed by atoms with Gasteiger partial charge in [0.15, 0.2) is 0 Å². The fraction of sp³-hybridized carbons (Fsp3) is 0.462. The minimum absolute atomic E-state index is 0.00910. The molecule has 0 aromatic heterocycles. The number of piperidine rings is 1. The average molecular weight is 332 g/mol. The second-order valence-corrected chi connectivity index (χ2v) is 5.97. The van der Waals surface area contributed by atoms with Gasteiger partial charge in [-0.15, -0.1) is 0 Å². The van der Waals surface area contributed by atoms with Crippen LogP contribution in [0, 0.1) is 0 Å². The predicted molar refractivity (Wildman–Crippen MR) is 78.0 cm³/mol. The molecule has 1 aromatic rings. The lowest BCUT2D eigenvalue weighted by molar-refractivity contribution is -0.122. The first kappa shape index (κ1) is 13.8. The quantitative estimate of drug-likeness (QED) is 0.870. The molecule has 18 heavy (non-hydrogen) atoms. The van der Waals surface area contributed by atoms with Crippen molar-refractivity contribution in [2.75, 3.05) is 11.9 Å². The van der Waals surface area contributed by atoms with Gasteiger partial charge < -0.3 is 10.6 Å². The molecule has 1 aliphatic heterocycles. The summed E-state index contributed by atoms with van der Waals surface area (Å²) in [6.07, 6.45) is 3.06. The average Bonchev–Trinajstić information content (AvgIpc) is 2.36. The van der Waals surface area contributed by atoms with Crippen LogP contribution in [-0.2, 0) is 4.79 Å². The van der Waals surface area contributed by atoms with E-state index in [2.05, 4.69) is 26.6 Å². The van der Waals surface area contributed by atoms with Gasteiger partial charge in [0.2, 0.25) is 5.91 Å². The molecule has 98 valence electrons. The highest BCUT2D eigenvalue weighted by atomic mass is 79.9. The number of carbonyl (C=O) groups excluding carboxylic acids is 1. The molecule has 2 N–H and O–H groups in total. The Morgan fingerprint density at radius 3 is 2.94 bits per heavy atom. The molecule has 1 heterocycles. The Kier molecular flexibility index (Phi) is 4.30. The Bertz CT molecular complexity index is 458. The highest BCUT2D eigenvalue weighted by Crippen LogP contribution is 2.31. The molecule has 0 radical (unpaired) electrons. The molecule has 1 aliphatic rings. The van der Waals surface area contributed by atoms with Crippen LogP contribution in [-0.4, -0.2) is 18.0 Å². The van der Waals surface area contributed by atoms with Crippen LogP contribution in [0.5, 0.6) is 0 Å². The van der Waals surface area contributed by atoms with E-state index in [-0.39, 0.29) is 5.91 Å². The standard InChI is InChI=1S/C13H16BrClN2O/c1-13(7-2-3-8-16-13)12(18)17-10-6-4-5-9(15)11(10)14/h4-6,16H,2-3,7-8H2,1H3,(H,17,18). The topological polar surface area (TPSA) is 41.1 Å². The van der Waals surface area contributed by atoms with Gasteiger partial charge in [0, 0.05) is 0 Å². The number of amides is 1. The number of carbonyl (C=O) groups is 1. The summed E-state index contributed by atoms with van der Waals surface area (Å²) < 4.78 is 0.722. The van der Waals surface area contributed by atoms with Gasteiger partial charge in [-0.1, -0.05) is 17.7 Å². The highest BCUT2D eigenvalue weighted by Gasteiger charge is 2.34. The summed E-state index contributed by atoms with van der Waals surface area (Å²) in [6, 6.07) is 5.43. The Morgan fingerprint density at radius 1 is 1.50 bits per heavy atom. The third-order valence-electron chi connectivity index (χ3n) is 3.32. The number of hydrogen-bond acceptors (Lipinski definition) is 2. The van der Waals surface area contributed by atoms with Crippen LogP contribution < -0.4 is 10.6 Å². The van der Waals surface area contributed by atoms with Gasteiger partial charge in [-0.05, 0) is 60.8 Å². The summed E-state index contributed by atoms with van der Waals surface area (Å²) in [5, 5.41) is 6.81. The van der Waals surface area contributed by atoms with Crippen LogP contribution in [0.1, 0.15) is 26.2 Å². The van der Waals surface area contributed by atoms with Gasteiger partial charge in [0.25, 0.3) is 0 Å². The molecule has 1 fully saturated rings. The Hall–Kier alpha value is -0.580. The molecule has 0 saturated carbocycles. The highest BCUT2D eigenvalue weighted by molar-refractivity contribution is 9.10. The van der Waals surface area contributed by atoms with Crippen molar-refractivity contribution in [3.8, 4) is 0 Å². The molecule has 0 bridgehead atoms. The summed E-state index contributed by atoms with van der Waals surface area (Å²) in [6.45, 7) is 2.83. The van der Waals surface area contributed by atoms with Gasteiger partial charge >= 0.3 is 0 Å². The van der Waals surface area contributed by atoms with Crippen LogP contribution in [0.4, 0.5) is 5.69 Å². The number of benzene rings is 1. The minimum Gasteiger partial charge on any atom is -0.323 e. The SMILES string of the molecule is CC1(C(=O)Nc2cccc(Cl)c2Br)CCCCN1. The summed E-state index contributed by atoms with van der Waals surface area (Å²) in [4.78, 5) is 12.3. The normalized spacial score (nSPS) is 23.7. The minimum atomic E-state index is -0.486. The molecule has 1 amide bonds. The van der Waals surface area contributed by atoms with Gasteiger partial charge in [-0.2, -0.15) is 0 Å². The lowest BCUT2D eigenvalue weighted by atomic mass is 9.90. The molecule has 0 aliphatic carbocycles. The number of rotatable bonds is 2. The lowest BCUT2D eigenvalue weighted by Gasteiger charge is -2.33. The second-order valence-electron chi connectivity index (χ2n) is 4.77. The predicted octanol–water partition coefficient (Wildman–Crippen LogP) is 3.57.